The second-order valence-corrected chi connectivity index (χ2v) is 5.92. The molecule has 1 atom stereocenters. The SMILES string of the molecule is CCCCCCCCC(CCCNC)C(C)(OC)OC. The fourth-order valence-electron chi connectivity index (χ4n) is 2.78. The number of hydrogen-bond donors (Lipinski definition) is 1. The van der Waals surface area contributed by atoms with Crippen molar-refractivity contribution in [1.29, 1.82) is 0 Å². The zero-order valence-corrected chi connectivity index (χ0v) is 14.5. The summed E-state index contributed by atoms with van der Waals surface area (Å²) in [4.78, 5) is 0. The van der Waals surface area contributed by atoms with E-state index in [-0.39, 0.29) is 0 Å². The number of hydrogen-bond acceptors (Lipinski definition) is 3. The molecule has 0 aliphatic rings. The van der Waals surface area contributed by atoms with Crippen molar-refractivity contribution in [2.45, 2.75) is 77.4 Å². The van der Waals surface area contributed by atoms with Gasteiger partial charge in [-0.2, -0.15) is 0 Å². The lowest BCUT2D eigenvalue weighted by Crippen LogP contribution is -2.39. The molecule has 0 amide bonds. The van der Waals surface area contributed by atoms with E-state index in [2.05, 4.69) is 19.2 Å². The lowest BCUT2D eigenvalue weighted by molar-refractivity contribution is -0.230. The van der Waals surface area contributed by atoms with E-state index in [0.29, 0.717) is 5.92 Å². The van der Waals surface area contributed by atoms with Gasteiger partial charge in [-0.05, 0) is 39.8 Å². The van der Waals surface area contributed by atoms with Crippen LogP contribution in [0, 0.1) is 5.92 Å². The predicted octanol–water partition coefficient (Wildman–Crippen LogP) is 4.36. The third kappa shape index (κ3) is 8.23. The first-order chi connectivity index (χ1) is 9.64. The van der Waals surface area contributed by atoms with Crippen LogP contribution >= 0.6 is 0 Å². The molecule has 0 saturated heterocycles. The molecule has 3 heteroatoms. The Morgan fingerprint density at radius 3 is 2.00 bits per heavy atom. The molecule has 0 aromatic heterocycles. The summed E-state index contributed by atoms with van der Waals surface area (Å²) in [5.41, 5.74) is 0. The van der Waals surface area contributed by atoms with Crippen LogP contribution in [-0.2, 0) is 9.47 Å². The van der Waals surface area contributed by atoms with Crippen LogP contribution in [0.4, 0.5) is 0 Å². The Bertz CT molecular complexity index is 205. The molecule has 0 radical (unpaired) electrons. The zero-order valence-electron chi connectivity index (χ0n) is 14.5. The largest absolute Gasteiger partial charge is 0.353 e. The Labute approximate surface area is 126 Å². The van der Waals surface area contributed by atoms with E-state index in [1.807, 2.05) is 7.05 Å². The van der Waals surface area contributed by atoms with E-state index < -0.39 is 5.79 Å². The summed E-state index contributed by atoms with van der Waals surface area (Å²) in [5.74, 6) is 0.0500. The van der Waals surface area contributed by atoms with E-state index in [9.17, 15) is 0 Å². The highest BCUT2D eigenvalue weighted by molar-refractivity contribution is 4.75. The molecular formula is C17H37NO2. The van der Waals surface area contributed by atoms with Crippen molar-refractivity contribution in [1.82, 2.24) is 5.32 Å². The summed E-state index contributed by atoms with van der Waals surface area (Å²) >= 11 is 0. The molecular weight excluding hydrogens is 250 g/mol. The number of nitrogens with one attached hydrogen (secondary N) is 1. The third-order valence-corrected chi connectivity index (χ3v) is 4.44. The molecule has 0 heterocycles. The average molecular weight is 287 g/mol. The normalized spacial score (nSPS) is 13.7. The molecule has 0 fully saturated rings. The number of unbranched alkanes of at least 4 members (excludes halogenated alkanes) is 5. The highest BCUT2D eigenvalue weighted by Gasteiger charge is 2.33. The summed E-state index contributed by atoms with van der Waals surface area (Å²) in [6.45, 7) is 5.41. The summed E-state index contributed by atoms with van der Waals surface area (Å²) < 4.78 is 11.3. The van der Waals surface area contributed by atoms with Gasteiger partial charge in [0.05, 0.1) is 0 Å². The molecule has 0 rings (SSSR count). The Hall–Kier alpha value is -0.120. The molecule has 0 aromatic rings. The molecule has 0 bridgehead atoms. The fourth-order valence-corrected chi connectivity index (χ4v) is 2.78. The monoisotopic (exact) mass is 287 g/mol. The molecule has 0 aliphatic carbocycles. The van der Waals surface area contributed by atoms with Gasteiger partial charge in [0.15, 0.2) is 5.79 Å². The van der Waals surface area contributed by atoms with Crippen LogP contribution < -0.4 is 5.32 Å². The van der Waals surface area contributed by atoms with Crippen LogP contribution in [0.15, 0.2) is 0 Å². The lowest BCUT2D eigenvalue weighted by Gasteiger charge is -2.35. The van der Waals surface area contributed by atoms with Gasteiger partial charge >= 0.3 is 0 Å². The van der Waals surface area contributed by atoms with Crippen molar-refractivity contribution in [3.05, 3.63) is 0 Å². The maximum atomic E-state index is 5.63. The van der Waals surface area contributed by atoms with Crippen LogP contribution in [0.2, 0.25) is 0 Å². The van der Waals surface area contributed by atoms with Crippen molar-refractivity contribution in [3.8, 4) is 0 Å². The Morgan fingerprint density at radius 1 is 0.900 bits per heavy atom. The van der Waals surface area contributed by atoms with Crippen molar-refractivity contribution in [3.63, 3.8) is 0 Å². The van der Waals surface area contributed by atoms with Crippen molar-refractivity contribution >= 4 is 0 Å². The van der Waals surface area contributed by atoms with Crippen molar-refractivity contribution in [2.24, 2.45) is 5.92 Å². The minimum atomic E-state index is -0.433. The quantitative estimate of drug-likeness (QED) is 0.380. The molecule has 0 aromatic carbocycles. The summed E-state index contributed by atoms with van der Waals surface area (Å²) in [7, 11) is 5.53. The maximum Gasteiger partial charge on any atom is 0.167 e. The first kappa shape index (κ1) is 19.9. The van der Waals surface area contributed by atoms with E-state index in [1.54, 1.807) is 14.2 Å². The second kappa shape index (κ2) is 12.6. The van der Waals surface area contributed by atoms with Gasteiger partial charge in [0.2, 0.25) is 0 Å². The van der Waals surface area contributed by atoms with Crippen molar-refractivity contribution in [2.75, 3.05) is 27.8 Å². The molecule has 1 unspecified atom stereocenters. The summed E-state index contributed by atoms with van der Waals surface area (Å²) in [6.07, 6.45) is 11.6. The van der Waals surface area contributed by atoms with Gasteiger partial charge in [-0.15, -0.1) is 0 Å². The minimum absolute atomic E-state index is 0.433. The van der Waals surface area contributed by atoms with Gasteiger partial charge in [-0.1, -0.05) is 45.4 Å². The Kier molecular flexibility index (Phi) is 12.5. The lowest BCUT2D eigenvalue weighted by atomic mass is 9.88. The van der Waals surface area contributed by atoms with Gasteiger partial charge in [0, 0.05) is 20.1 Å². The smallest absolute Gasteiger partial charge is 0.167 e. The first-order valence-corrected chi connectivity index (χ1v) is 8.39. The van der Waals surface area contributed by atoms with Gasteiger partial charge in [-0.3, -0.25) is 0 Å². The first-order valence-electron chi connectivity index (χ1n) is 8.39. The Morgan fingerprint density at radius 2 is 1.45 bits per heavy atom. The molecule has 20 heavy (non-hydrogen) atoms. The molecule has 1 N–H and O–H groups in total. The predicted molar refractivity (Wildman–Crippen MR) is 87.1 cm³/mol. The molecule has 0 aliphatic heterocycles. The Balaban J connectivity index is 4.10. The third-order valence-electron chi connectivity index (χ3n) is 4.44. The van der Waals surface area contributed by atoms with Gasteiger partial charge in [0.1, 0.15) is 0 Å². The molecule has 3 nitrogen and oxygen atoms in total. The highest BCUT2D eigenvalue weighted by Crippen LogP contribution is 2.31. The van der Waals surface area contributed by atoms with Crippen LogP contribution in [0.3, 0.4) is 0 Å². The van der Waals surface area contributed by atoms with Gasteiger partial charge < -0.3 is 14.8 Å². The maximum absolute atomic E-state index is 5.63. The summed E-state index contributed by atoms with van der Waals surface area (Å²) in [6, 6.07) is 0. The van der Waals surface area contributed by atoms with E-state index >= 15 is 0 Å². The molecule has 0 spiro atoms. The second-order valence-electron chi connectivity index (χ2n) is 5.92. The number of rotatable bonds is 14. The van der Waals surface area contributed by atoms with E-state index in [4.69, 9.17) is 9.47 Å². The highest BCUT2D eigenvalue weighted by atomic mass is 16.7. The van der Waals surface area contributed by atoms with Gasteiger partial charge in [0.25, 0.3) is 0 Å². The molecule has 0 saturated carbocycles. The minimum Gasteiger partial charge on any atom is -0.353 e. The number of methoxy groups -OCH3 is 2. The standard InChI is InChI=1S/C17H37NO2/c1-6-7-8-9-10-11-13-16(14-12-15-18-3)17(2,19-4)20-5/h16,18H,6-15H2,1-5H3. The number of ether oxygens (including phenoxy) is 2. The summed E-state index contributed by atoms with van der Waals surface area (Å²) in [5, 5.41) is 3.22. The van der Waals surface area contributed by atoms with E-state index in [0.717, 1.165) is 13.0 Å². The van der Waals surface area contributed by atoms with Gasteiger partial charge in [-0.25, -0.2) is 0 Å². The van der Waals surface area contributed by atoms with Crippen LogP contribution in [0.1, 0.15) is 71.6 Å². The average Bonchev–Trinajstić information content (AvgIpc) is 2.48. The van der Waals surface area contributed by atoms with Crippen LogP contribution in [-0.4, -0.2) is 33.6 Å². The van der Waals surface area contributed by atoms with E-state index in [1.165, 1.54) is 51.4 Å². The topological polar surface area (TPSA) is 30.5 Å². The zero-order chi connectivity index (χ0) is 15.3. The van der Waals surface area contributed by atoms with Crippen LogP contribution in [0.25, 0.3) is 0 Å². The fraction of sp³-hybridized carbons (Fsp3) is 1.00. The molecule has 122 valence electrons. The van der Waals surface area contributed by atoms with Crippen molar-refractivity contribution < 1.29 is 9.47 Å². The van der Waals surface area contributed by atoms with Crippen LogP contribution in [0.5, 0.6) is 0 Å².